The smallest absolute Gasteiger partial charge is 0.0656 e. The van der Waals surface area contributed by atoms with Crippen LogP contribution in [0.15, 0.2) is 11.6 Å². The Morgan fingerprint density at radius 2 is 2.12 bits per heavy atom. The predicted molar refractivity (Wildman–Crippen MR) is 29.8 cm³/mol. The first kappa shape index (κ1) is 10.8. The fourth-order valence-corrected chi connectivity index (χ4v) is 0.302. The fraction of sp³-hybridized carbons (Fsp3) is 0.333. The number of rotatable bonds is 2. The molecule has 0 bridgehead atoms. The molecule has 0 unspecified atom stereocenters. The van der Waals surface area contributed by atoms with Gasteiger partial charge in [-0.1, -0.05) is 0 Å². The molecule has 0 aromatic heterocycles. The van der Waals surface area contributed by atoms with Gasteiger partial charge in [-0.25, -0.2) is 12.5 Å². The number of hydrogen-bond donors (Lipinski definition) is 0. The normalized spacial score (nSPS) is 9.50. The van der Waals surface area contributed by atoms with E-state index in [9.17, 15) is 4.79 Å². The second-order valence-corrected chi connectivity index (χ2v) is 1.36. The van der Waals surface area contributed by atoms with Gasteiger partial charge in [-0.2, -0.15) is 5.57 Å². The van der Waals surface area contributed by atoms with E-state index in [-0.39, 0.29) is 19.5 Å². The summed E-state index contributed by atoms with van der Waals surface area (Å²) in [5.41, 5.74) is 0.766. The van der Waals surface area contributed by atoms with Crippen molar-refractivity contribution in [2.75, 3.05) is 0 Å². The Morgan fingerprint density at radius 1 is 1.62 bits per heavy atom. The molecular weight excluding hydrogens is 191 g/mol. The molecule has 8 heavy (non-hydrogen) atoms. The third-order valence-electron chi connectivity index (χ3n) is 0.615. The van der Waals surface area contributed by atoms with E-state index >= 15 is 0 Å². The zero-order chi connectivity index (χ0) is 5.70. The Labute approximate surface area is 62.9 Å². The van der Waals surface area contributed by atoms with Gasteiger partial charge in [-0.05, 0) is 0 Å². The molecule has 0 N–H and O–H groups in total. The van der Waals surface area contributed by atoms with Gasteiger partial charge in [0.05, 0.1) is 6.29 Å². The van der Waals surface area contributed by atoms with Gasteiger partial charge in [0.25, 0.3) is 0 Å². The first-order valence-corrected chi connectivity index (χ1v) is 2.22. The molecule has 2 heteroatoms. The Morgan fingerprint density at radius 3 is 2.25 bits per heavy atom. The van der Waals surface area contributed by atoms with Crippen molar-refractivity contribution in [1.29, 1.82) is 0 Å². The van der Waals surface area contributed by atoms with Gasteiger partial charge < -0.3 is 4.79 Å². The fourth-order valence-electron chi connectivity index (χ4n) is 0.302. The van der Waals surface area contributed by atoms with Crippen molar-refractivity contribution < 1.29 is 24.3 Å². The largest absolute Gasteiger partial charge is 0.319 e. The summed E-state index contributed by atoms with van der Waals surface area (Å²) in [7, 11) is 0. The SMILES string of the molecule is C[CH-]/C=C(\C)C=O.[Rh]. The number of aldehydes is 1. The van der Waals surface area contributed by atoms with Crippen LogP contribution in [0.5, 0.6) is 0 Å². The summed E-state index contributed by atoms with van der Waals surface area (Å²) in [6, 6.07) is 0. The molecule has 0 aliphatic heterocycles. The standard InChI is InChI=1S/C6H9O.Rh/c1-3-4-6(2)5-7;/h3-5H,1-2H3;/q-1;/b6-4+;. The van der Waals surface area contributed by atoms with E-state index < -0.39 is 0 Å². The summed E-state index contributed by atoms with van der Waals surface area (Å²) < 4.78 is 0. The van der Waals surface area contributed by atoms with Gasteiger partial charge >= 0.3 is 0 Å². The van der Waals surface area contributed by atoms with E-state index in [1.807, 2.05) is 13.3 Å². The third-order valence-corrected chi connectivity index (χ3v) is 0.615. The molecule has 0 aliphatic rings. The molecule has 0 amide bonds. The average Bonchev–Trinajstić information content (AvgIpc) is 1.68. The molecule has 0 aliphatic carbocycles. The topological polar surface area (TPSA) is 17.1 Å². The van der Waals surface area contributed by atoms with E-state index in [4.69, 9.17) is 0 Å². The zero-order valence-corrected chi connectivity index (χ0v) is 6.61. The van der Waals surface area contributed by atoms with E-state index in [0.29, 0.717) is 0 Å². The van der Waals surface area contributed by atoms with Crippen LogP contribution in [-0.2, 0) is 24.3 Å². The molecule has 1 radical (unpaired) electrons. The Hall–Kier alpha value is -0.0966. The van der Waals surface area contributed by atoms with Crippen LogP contribution in [-0.4, -0.2) is 6.29 Å². The maximum atomic E-state index is 9.81. The van der Waals surface area contributed by atoms with Crippen LogP contribution in [0.3, 0.4) is 0 Å². The molecule has 0 aromatic carbocycles. The van der Waals surface area contributed by atoms with Gasteiger partial charge in [-0.3, -0.25) is 0 Å². The maximum absolute atomic E-state index is 9.81. The molecule has 1 nitrogen and oxygen atoms in total. The number of carbonyl (C=O) groups excluding carboxylic acids is 1. The van der Waals surface area contributed by atoms with Crippen LogP contribution >= 0.6 is 0 Å². The first-order chi connectivity index (χ1) is 3.31. The molecule has 0 spiro atoms. The second kappa shape index (κ2) is 6.90. The van der Waals surface area contributed by atoms with Crippen molar-refractivity contribution in [2.45, 2.75) is 13.8 Å². The average molecular weight is 200 g/mol. The quantitative estimate of drug-likeness (QED) is 0.284. The van der Waals surface area contributed by atoms with Crippen molar-refractivity contribution >= 4 is 6.29 Å². The summed E-state index contributed by atoms with van der Waals surface area (Å²) in [5, 5.41) is 0. The third kappa shape index (κ3) is 5.90. The number of carbonyl (C=O) groups is 1. The zero-order valence-electron chi connectivity index (χ0n) is 4.97. The van der Waals surface area contributed by atoms with Gasteiger partial charge in [0, 0.05) is 19.5 Å². The van der Waals surface area contributed by atoms with Gasteiger partial charge in [-0.15, -0.1) is 13.8 Å². The molecule has 0 saturated heterocycles. The van der Waals surface area contributed by atoms with Crippen LogP contribution in [0.4, 0.5) is 0 Å². The van der Waals surface area contributed by atoms with Crippen molar-refractivity contribution in [1.82, 2.24) is 0 Å². The maximum Gasteiger partial charge on any atom is 0.0656 e. The monoisotopic (exact) mass is 200 g/mol. The van der Waals surface area contributed by atoms with Crippen molar-refractivity contribution in [3.05, 3.63) is 18.1 Å². The van der Waals surface area contributed by atoms with Crippen LogP contribution in [0.1, 0.15) is 13.8 Å². The summed E-state index contributed by atoms with van der Waals surface area (Å²) in [6.07, 6.45) is 4.44. The van der Waals surface area contributed by atoms with E-state index in [1.165, 1.54) is 0 Å². The molecule has 49 valence electrons. The molecule has 0 aromatic rings. The first-order valence-electron chi connectivity index (χ1n) is 2.22. The van der Waals surface area contributed by atoms with Gasteiger partial charge in [0.1, 0.15) is 0 Å². The van der Waals surface area contributed by atoms with Crippen molar-refractivity contribution in [2.24, 2.45) is 0 Å². The van der Waals surface area contributed by atoms with Gasteiger partial charge in [0.2, 0.25) is 0 Å². The predicted octanol–water partition coefficient (Wildman–Crippen LogP) is 1.35. The van der Waals surface area contributed by atoms with E-state index in [1.54, 1.807) is 13.0 Å². The van der Waals surface area contributed by atoms with Crippen molar-refractivity contribution in [3.63, 3.8) is 0 Å². The van der Waals surface area contributed by atoms with E-state index in [0.717, 1.165) is 11.9 Å². The minimum atomic E-state index is 0. The molecule has 0 rings (SSSR count). The molecule has 0 fully saturated rings. The van der Waals surface area contributed by atoms with Crippen LogP contribution in [0.25, 0.3) is 0 Å². The summed E-state index contributed by atoms with van der Waals surface area (Å²) in [6.45, 7) is 3.65. The molecule has 0 atom stereocenters. The summed E-state index contributed by atoms with van der Waals surface area (Å²) >= 11 is 0. The molecule has 0 heterocycles. The number of hydrogen-bond acceptors (Lipinski definition) is 1. The summed E-state index contributed by atoms with van der Waals surface area (Å²) in [4.78, 5) is 9.81. The number of allylic oxidation sites excluding steroid dienone is 2. The second-order valence-electron chi connectivity index (χ2n) is 1.36. The molecular formula is C6H9ORh-. The van der Waals surface area contributed by atoms with Crippen LogP contribution < -0.4 is 0 Å². The Kier molecular flexibility index (Phi) is 9.33. The minimum absolute atomic E-state index is 0. The minimum Gasteiger partial charge on any atom is -0.319 e. The van der Waals surface area contributed by atoms with E-state index in [2.05, 4.69) is 0 Å². The van der Waals surface area contributed by atoms with Gasteiger partial charge in [0.15, 0.2) is 0 Å². The Bertz CT molecular complexity index is 86.5. The summed E-state index contributed by atoms with van der Waals surface area (Å²) in [5.74, 6) is 0. The van der Waals surface area contributed by atoms with Crippen LogP contribution in [0, 0.1) is 6.42 Å². The Balaban J connectivity index is 0. The molecule has 0 saturated carbocycles. The van der Waals surface area contributed by atoms with Crippen LogP contribution in [0.2, 0.25) is 0 Å². The van der Waals surface area contributed by atoms with Crippen molar-refractivity contribution in [3.8, 4) is 0 Å².